The van der Waals surface area contributed by atoms with E-state index in [0.717, 1.165) is 11.1 Å². The van der Waals surface area contributed by atoms with Gasteiger partial charge in [0.1, 0.15) is 5.75 Å². The number of carbonyl (C=O) groups is 1. The number of carbonyl (C=O) groups excluding carboxylic acids is 1. The number of aryl methyl sites for hydroxylation is 2. The van der Waals surface area contributed by atoms with Crippen molar-refractivity contribution in [3.8, 4) is 5.75 Å². The summed E-state index contributed by atoms with van der Waals surface area (Å²) in [7, 11) is 0. The minimum absolute atomic E-state index is 0.212. The van der Waals surface area contributed by atoms with Crippen LogP contribution in [0.4, 0.5) is 13.2 Å². The lowest BCUT2D eigenvalue weighted by Crippen LogP contribution is -2.24. The molecule has 0 heterocycles. The first-order valence-corrected chi connectivity index (χ1v) is 6.95. The number of benzene rings is 2. The molecule has 0 aromatic heterocycles. The maximum atomic E-state index is 12.2. The van der Waals surface area contributed by atoms with E-state index in [1.807, 2.05) is 32.0 Å². The fourth-order valence-corrected chi connectivity index (χ4v) is 2.25. The summed E-state index contributed by atoms with van der Waals surface area (Å²) in [5.41, 5.74) is 3.04. The van der Waals surface area contributed by atoms with Gasteiger partial charge in [-0.05, 0) is 42.7 Å². The molecule has 1 N–H and O–H groups in total. The van der Waals surface area contributed by atoms with Gasteiger partial charge in [-0.2, -0.15) is 0 Å². The van der Waals surface area contributed by atoms with Crippen LogP contribution >= 0.6 is 0 Å². The summed E-state index contributed by atoms with van der Waals surface area (Å²) in [4.78, 5) is 12.2. The van der Waals surface area contributed by atoms with Crippen molar-refractivity contribution in [3.05, 3.63) is 64.7 Å². The second-order valence-corrected chi connectivity index (χ2v) is 5.14. The minimum Gasteiger partial charge on any atom is -0.406 e. The molecule has 0 saturated carbocycles. The van der Waals surface area contributed by atoms with Gasteiger partial charge in [0.2, 0.25) is 0 Å². The highest BCUT2D eigenvalue weighted by Gasteiger charge is 2.30. The maximum Gasteiger partial charge on any atom is 0.573 e. The van der Waals surface area contributed by atoms with E-state index in [1.165, 1.54) is 24.3 Å². The van der Waals surface area contributed by atoms with E-state index in [-0.39, 0.29) is 18.2 Å². The number of nitrogens with one attached hydrogen (secondary N) is 1. The van der Waals surface area contributed by atoms with Crippen LogP contribution in [-0.2, 0) is 6.54 Å². The van der Waals surface area contributed by atoms with E-state index < -0.39 is 6.36 Å². The normalized spacial score (nSPS) is 11.2. The van der Waals surface area contributed by atoms with Crippen LogP contribution < -0.4 is 10.1 Å². The monoisotopic (exact) mass is 323 g/mol. The molecule has 0 spiro atoms. The Morgan fingerprint density at radius 1 is 1.04 bits per heavy atom. The zero-order valence-corrected chi connectivity index (χ0v) is 12.7. The molecule has 2 aromatic carbocycles. The van der Waals surface area contributed by atoms with E-state index in [1.54, 1.807) is 0 Å². The number of rotatable bonds is 4. The van der Waals surface area contributed by atoms with Gasteiger partial charge in [0, 0.05) is 12.1 Å². The number of alkyl halides is 3. The Morgan fingerprint density at radius 3 is 2.13 bits per heavy atom. The molecule has 0 bridgehead atoms. The number of hydrogen-bond acceptors (Lipinski definition) is 2. The average molecular weight is 323 g/mol. The molecule has 122 valence electrons. The zero-order chi connectivity index (χ0) is 17.0. The van der Waals surface area contributed by atoms with Crippen molar-refractivity contribution in [2.24, 2.45) is 0 Å². The molecule has 0 saturated heterocycles. The Kier molecular flexibility index (Phi) is 4.93. The lowest BCUT2D eigenvalue weighted by molar-refractivity contribution is -0.274. The summed E-state index contributed by atoms with van der Waals surface area (Å²) in [5, 5.41) is 2.76. The molecule has 0 fully saturated rings. The second-order valence-electron chi connectivity index (χ2n) is 5.14. The van der Waals surface area contributed by atoms with Crippen molar-refractivity contribution in [1.82, 2.24) is 5.32 Å². The highest BCUT2D eigenvalue weighted by Crippen LogP contribution is 2.22. The maximum absolute atomic E-state index is 12.2. The molecule has 0 unspecified atom stereocenters. The zero-order valence-electron chi connectivity index (χ0n) is 12.7. The Morgan fingerprint density at radius 2 is 1.61 bits per heavy atom. The lowest BCUT2D eigenvalue weighted by atomic mass is 10.0. The summed E-state index contributed by atoms with van der Waals surface area (Å²) >= 11 is 0. The smallest absolute Gasteiger partial charge is 0.406 e. The fraction of sp³-hybridized carbons (Fsp3) is 0.235. The first-order chi connectivity index (χ1) is 10.8. The van der Waals surface area contributed by atoms with Crippen LogP contribution in [0.2, 0.25) is 0 Å². The molecule has 0 aliphatic heterocycles. The highest BCUT2D eigenvalue weighted by molar-refractivity contribution is 5.96. The van der Waals surface area contributed by atoms with E-state index in [9.17, 15) is 18.0 Å². The van der Waals surface area contributed by atoms with Gasteiger partial charge in [0.25, 0.3) is 5.91 Å². The predicted octanol–water partition coefficient (Wildman–Crippen LogP) is 4.13. The molecular weight excluding hydrogens is 307 g/mol. The summed E-state index contributed by atoms with van der Waals surface area (Å²) in [6, 6.07) is 11.0. The standard InChI is InChI=1S/C17H16F3NO2/c1-11-4-3-5-12(2)15(11)16(22)21-10-13-6-8-14(9-7-13)23-17(18,19)20/h3-9H,10H2,1-2H3,(H,21,22). The fourth-order valence-electron chi connectivity index (χ4n) is 2.25. The molecule has 2 aromatic rings. The Balaban J connectivity index is 2.00. The van der Waals surface area contributed by atoms with Crippen molar-refractivity contribution in [3.63, 3.8) is 0 Å². The van der Waals surface area contributed by atoms with Crippen LogP contribution in [0, 0.1) is 13.8 Å². The minimum atomic E-state index is -4.71. The van der Waals surface area contributed by atoms with Crippen LogP contribution in [0.25, 0.3) is 0 Å². The molecule has 23 heavy (non-hydrogen) atoms. The van der Waals surface area contributed by atoms with Gasteiger partial charge < -0.3 is 10.1 Å². The van der Waals surface area contributed by atoms with Gasteiger partial charge in [-0.25, -0.2) is 0 Å². The molecule has 2 rings (SSSR count). The van der Waals surface area contributed by atoms with Gasteiger partial charge in [-0.3, -0.25) is 4.79 Å². The molecule has 0 radical (unpaired) electrons. The molecule has 0 aliphatic rings. The molecule has 6 heteroatoms. The van der Waals surface area contributed by atoms with Crippen LogP contribution in [0.15, 0.2) is 42.5 Å². The Labute approximate surface area is 132 Å². The van der Waals surface area contributed by atoms with Crippen molar-refractivity contribution >= 4 is 5.91 Å². The van der Waals surface area contributed by atoms with Crippen molar-refractivity contribution in [2.45, 2.75) is 26.8 Å². The summed E-state index contributed by atoms with van der Waals surface area (Å²) in [6.07, 6.45) is -4.71. The summed E-state index contributed by atoms with van der Waals surface area (Å²) in [6.45, 7) is 3.93. The van der Waals surface area contributed by atoms with Crippen LogP contribution in [0.3, 0.4) is 0 Å². The number of halogens is 3. The lowest BCUT2D eigenvalue weighted by Gasteiger charge is -2.11. The quantitative estimate of drug-likeness (QED) is 0.918. The first-order valence-electron chi connectivity index (χ1n) is 6.95. The van der Waals surface area contributed by atoms with Crippen LogP contribution in [0.1, 0.15) is 27.0 Å². The third-order valence-corrected chi connectivity index (χ3v) is 3.32. The third-order valence-electron chi connectivity index (χ3n) is 3.32. The average Bonchev–Trinajstić information content (AvgIpc) is 2.45. The first kappa shape index (κ1) is 16.9. The number of ether oxygens (including phenoxy) is 1. The predicted molar refractivity (Wildman–Crippen MR) is 80.2 cm³/mol. The Bertz CT molecular complexity index is 674. The van der Waals surface area contributed by atoms with E-state index in [4.69, 9.17) is 0 Å². The van der Waals surface area contributed by atoms with Crippen molar-refractivity contribution in [1.29, 1.82) is 0 Å². The van der Waals surface area contributed by atoms with E-state index in [2.05, 4.69) is 10.1 Å². The molecule has 3 nitrogen and oxygen atoms in total. The highest BCUT2D eigenvalue weighted by atomic mass is 19.4. The van der Waals surface area contributed by atoms with E-state index >= 15 is 0 Å². The number of hydrogen-bond donors (Lipinski definition) is 1. The van der Waals surface area contributed by atoms with Gasteiger partial charge in [0.15, 0.2) is 0 Å². The van der Waals surface area contributed by atoms with Crippen molar-refractivity contribution in [2.75, 3.05) is 0 Å². The molecule has 0 aliphatic carbocycles. The summed E-state index contributed by atoms with van der Waals surface area (Å²) in [5.74, 6) is -0.501. The van der Waals surface area contributed by atoms with Gasteiger partial charge in [-0.15, -0.1) is 13.2 Å². The Hall–Kier alpha value is -2.50. The van der Waals surface area contributed by atoms with Gasteiger partial charge >= 0.3 is 6.36 Å². The second kappa shape index (κ2) is 6.73. The SMILES string of the molecule is Cc1cccc(C)c1C(=O)NCc1ccc(OC(F)(F)F)cc1. The number of amides is 1. The third kappa shape index (κ3) is 4.74. The van der Waals surface area contributed by atoms with E-state index in [0.29, 0.717) is 11.1 Å². The topological polar surface area (TPSA) is 38.3 Å². The van der Waals surface area contributed by atoms with Crippen LogP contribution in [-0.4, -0.2) is 12.3 Å². The molecule has 0 atom stereocenters. The largest absolute Gasteiger partial charge is 0.573 e. The summed E-state index contributed by atoms with van der Waals surface area (Å²) < 4.78 is 40.0. The molecule has 1 amide bonds. The van der Waals surface area contributed by atoms with Gasteiger partial charge in [-0.1, -0.05) is 30.3 Å². The van der Waals surface area contributed by atoms with Crippen LogP contribution in [0.5, 0.6) is 5.75 Å². The van der Waals surface area contributed by atoms with Gasteiger partial charge in [0.05, 0.1) is 0 Å². The molecular formula is C17H16F3NO2. The van der Waals surface area contributed by atoms with Crippen molar-refractivity contribution < 1.29 is 22.7 Å².